The summed E-state index contributed by atoms with van der Waals surface area (Å²) in [5.74, 6) is 0.486. The molecule has 2 heterocycles. The maximum atomic E-state index is 13.3. The molecular weight excluding hydrogens is 424 g/mol. The number of hydrogen-bond acceptors (Lipinski definition) is 4. The van der Waals surface area contributed by atoms with Gasteiger partial charge in [-0.1, -0.05) is 19.9 Å². The van der Waals surface area contributed by atoms with Gasteiger partial charge in [0.25, 0.3) is 5.91 Å². The van der Waals surface area contributed by atoms with E-state index in [0.29, 0.717) is 47.1 Å². The lowest BCUT2D eigenvalue weighted by molar-refractivity contribution is 0.0998. The van der Waals surface area contributed by atoms with E-state index in [4.69, 9.17) is 4.42 Å². The topological polar surface area (TPSA) is 79.6 Å². The van der Waals surface area contributed by atoms with Crippen molar-refractivity contribution in [2.45, 2.75) is 45.9 Å². The van der Waals surface area contributed by atoms with Crippen molar-refractivity contribution < 1.29 is 17.6 Å². The average molecular weight is 455 g/mol. The first-order chi connectivity index (χ1) is 15.1. The van der Waals surface area contributed by atoms with Crippen molar-refractivity contribution in [2.24, 2.45) is 11.8 Å². The number of anilines is 1. The van der Waals surface area contributed by atoms with Crippen molar-refractivity contribution in [2.75, 3.05) is 18.4 Å². The van der Waals surface area contributed by atoms with Gasteiger partial charge in [-0.15, -0.1) is 0 Å². The predicted molar refractivity (Wildman–Crippen MR) is 127 cm³/mol. The van der Waals surface area contributed by atoms with Crippen molar-refractivity contribution in [1.29, 1.82) is 0 Å². The third-order valence-corrected chi connectivity index (χ3v) is 8.18. The minimum atomic E-state index is -3.61. The van der Waals surface area contributed by atoms with E-state index in [2.05, 4.69) is 19.2 Å². The Morgan fingerprint density at radius 2 is 1.69 bits per heavy atom. The largest absolute Gasteiger partial charge is 0.451 e. The molecule has 0 radical (unpaired) electrons. The first-order valence-electron chi connectivity index (χ1n) is 11.0. The maximum absolute atomic E-state index is 13.3. The van der Waals surface area contributed by atoms with Crippen molar-refractivity contribution in [3.8, 4) is 0 Å². The Kier molecular flexibility index (Phi) is 5.90. The molecule has 0 bridgehead atoms. The summed E-state index contributed by atoms with van der Waals surface area (Å²) in [6.45, 7) is 11.0. The summed E-state index contributed by atoms with van der Waals surface area (Å²) in [5.41, 5.74) is 4.04. The summed E-state index contributed by atoms with van der Waals surface area (Å²) >= 11 is 0. The van der Waals surface area contributed by atoms with E-state index in [9.17, 15) is 13.2 Å². The first kappa shape index (κ1) is 22.6. The second-order valence-electron chi connectivity index (χ2n) is 9.24. The number of rotatable bonds is 4. The molecule has 1 aliphatic rings. The third kappa shape index (κ3) is 4.19. The number of furan rings is 1. The molecule has 0 unspecified atom stereocenters. The number of hydrogen-bond donors (Lipinski definition) is 1. The van der Waals surface area contributed by atoms with Crippen molar-refractivity contribution in [1.82, 2.24) is 4.31 Å². The van der Waals surface area contributed by atoms with Gasteiger partial charge in [0, 0.05) is 29.7 Å². The van der Waals surface area contributed by atoms with Gasteiger partial charge in [0.05, 0.1) is 4.90 Å². The van der Waals surface area contributed by atoms with E-state index < -0.39 is 10.0 Å². The van der Waals surface area contributed by atoms with E-state index >= 15 is 0 Å². The van der Waals surface area contributed by atoms with Gasteiger partial charge in [-0.2, -0.15) is 4.31 Å². The molecule has 170 valence electrons. The Balaban J connectivity index is 1.65. The molecule has 0 aliphatic carbocycles. The highest BCUT2D eigenvalue weighted by molar-refractivity contribution is 7.89. The van der Waals surface area contributed by atoms with Crippen LogP contribution in [-0.2, 0) is 10.0 Å². The zero-order chi connectivity index (χ0) is 23.2. The lowest BCUT2D eigenvalue weighted by atomic mass is 9.94. The minimum absolute atomic E-state index is 0.188. The molecule has 1 N–H and O–H groups in total. The predicted octanol–water partition coefficient (Wildman–Crippen LogP) is 5.28. The monoisotopic (exact) mass is 454 g/mol. The molecule has 3 aromatic rings. The number of carbonyl (C=O) groups is 1. The Morgan fingerprint density at radius 1 is 1.00 bits per heavy atom. The molecule has 0 saturated carbocycles. The summed E-state index contributed by atoms with van der Waals surface area (Å²) in [6, 6.07) is 10.5. The van der Waals surface area contributed by atoms with Crippen molar-refractivity contribution in [3.63, 3.8) is 0 Å². The van der Waals surface area contributed by atoms with E-state index in [0.717, 1.165) is 17.5 Å². The van der Waals surface area contributed by atoms with E-state index in [1.54, 1.807) is 29.4 Å². The highest BCUT2D eigenvalue weighted by Crippen LogP contribution is 2.31. The standard InChI is InChI=1S/C25H30N2O4S/c1-15-10-16(2)14-27(13-15)32(29,30)21-8-9-23-22(12-21)19(5)24(31-23)25(28)26-20-7-6-17(3)18(4)11-20/h6-9,11-12,15-16H,10,13-14H2,1-5H3,(H,26,28)/t15-,16+. The third-order valence-electron chi connectivity index (χ3n) is 6.35. The van der Waals surface area contributed by atoms with Crippen LogP contribution in [0, 0.1) is 32.6 Å². The summed E-state index contributed by atoms with van der Waals surface area (Å²) < 4.78 is 34.0. The lowest BCUT2D eigenvalue weighted by Crippen LogP contribution is -2.42. The van der Waals surface area contributed by atoms with Crippen LogP contribution in [0.5, 0.6) is 0 Å². The molecule has 1 aromatic heterocycles. The molecule has 2 aromatic carbocycles. The van der Waals surface area contributed by atoms with Crippen LogP contribution >= 0.6 is 0 Å². The van der Waals surface area contributed by atoms with Crippen LogP contribution < -0.4 is 5.32 Å². The maximum Gasteiger partial charge on any atom is 0.291 e. The number of sulfonamides is 1. The smallest absolute Gasteiger partial charge is 0.291 e. The summed E-state index contributed by atoms with van der Waals surface area (Å²) in [5, 5.41) is 3.51. The van der Waals surface area contributed by atoms with Crippen LogP contribution in [0.3, 0.4) is 0 Å². The van der Waals surface area contributed by atoms with Crippen LogP contribution in [0.25, 0.3) is 11.0 Å². The van der Waals surface area contributed by atoms with Gasteiger partial charge in [-0.05, 0) is 80.5 Å². The van der Waals surface area contributed by atoms with Gasteiger partial charge in [0.1, 0.15) is 5.58 Å². The summed E-state index contributed by atoms with van der Waals surface area (Å²) in [4.78, 5) is 13.1. The molecule has 32 heavy (non-hydrogen) atoms. The summed E-state index contributed by atoms with van der Waals surface area (Å²) in [6.07, 6.45) is 1.03. The van der Waals surface area contributed by atoms with Crippen LogP contribution in [0.15, 0.2) is 45.7 Å². The Bertz CT molecular complexity index is 1280. The molecule has 1 amide bonds. The van der Waals surface area contributed by atoms with Gasteiger partial charge >= 0.3 is 0 Å². The Hall–Kier alpha value is -2.64. The van der Waals surface area contributed by atoms with Gasteiger partial charge in [0.2, 0.25) is 10.0 Å². The lowest BCUT2D eigenvalue weighted by Gasteiger charge is -2.34. The highest BCUT2D eigenvalue weighted by atomic mass is 32.2. The number of carbonyl (C=O) groups excluding carboxylic acids is 1. The normalized spacial score (nSPS) is 19.9. The SMILES string of the molecule is Cc1ccc(NC(=O)c2oc3ccc(S(=O)(=O)N4C[C@H](C)C[C@H](C)C4)cc3c2C)cc1C. The van der Waals surface area contributed by atoms with E-state index in [1.165, 1.54) is 0 Å². The molecular formula is C25H30N2O4S. The number of amides is 1. The minimum Gasteiger partial charge on any atom is -0.451 e. The highest BCUT2D eigenvalue weighted by Gasteiger charge is 2.32. The van der Waals surface area contributed by atoms with Crippen LogP contribution in [0.2, 0.25) is 0 Å². The average Bonchev–Trinajstić information content (AvgIpc) is 3.06. The number of fused-ring (bicyclic) bond motifs is 1. The first-order valence-corrected chi connectivity index (χ1v) is 12.4. The fraction of sp³-hybridized carbons (Fsp3) is 0.400. The molecule has 1 saturated heterocycles. The summed E-state index contributed by atoms with van der Waals surface area (Å²) in [7, 11) is -3.61. The van der Waals surface area contributed by atoms with Crippen molar-refractivity contribution in [3.05, 3.63) is 58.8 Å². The molecule has 2 atom stereocenters. The number of nitrogens with one attached hydrogen (secondary N) is 1. The number of benzene rings is 2. The van der Waals surface area contributed by atoms with E-state index in [-0.39, 0.29) is 16.6 Å². The molecule has 4 rings (SSSR count). The molecule has 7 heteroatoms. The van der Waals surface area contributed by atoms with Crippen LogP contribution in [-0.4, -0.2) is 31.7 Å². The Morgan fingerprint density at radius 3 is 2.34 bits per heavy atom. The molecule has 6 nitrogen and oxygen atoms in total. The Labute approximate surface area is 189 Å². The van der Waals surface area contributed by atoms with Crippen LogP contribution in [0.1, 0.15) is 47.5 Å². The quantitative estimate of drug-likeness (QED) is 0.582. The fourth-order valence-electron chi connectivity index (χ4n) is 4.54. The zero-order valence-electron chi connectivity index (χ0n) is 19.2. The van der Waals surface area contributed by atoms with Gasteiger partial charge in [-0.25, -0.2) is 8.42 Å². The number of piperidine rings is 1. The second kappa shape index (κ2) is 8.37. The van der Waals surface area contributed by atoms with Crippen molar-refractivity contribution >= 4 is 32.6 Å². The second-order valence-corrected chi connectivity index (χ2v) is 11.2. The number of aryl methyl sites for hydroxylation is 3. The number of nitrogens with zero attached hydrogens (tertiary/aromatic N) is 1. The molecule has 1 fully saturated rings. The van der Waals surface area contributed by atoms with Gasteiger partial charge in [0.15, 0.2) is 5.76 Å². The van der Waals surface area contributed by atoms with Gasteiger partial charge < -0.3 is 9.73 Å². The molecule has 0 spiro atoms. The fourth-order valence-corrected chi connectivity index (χ4v) is 6.24. The van der Waals surface area contributed by atoms with Gasteiger partial charge in [-0.3, -0.25) is 4.79 Å². The molecule has 1 aliphatic heterocycles. The van der Waals surface area contributed by atoms with E-state index in [1.807, 2.05) is 32.0 Å². The van der Waals surface area contributed by atoms with Crippen LogP contribution in [0.4, 0.5) is 5.69 Å². The zero-order valence-corrected chi connectivity index (χ0v) is 20.0.